The monoisotopic (exact) mass is 193 g/mol. The zero-order valence-electron chi connectivity index (χ0n) is 8.07. The van der Waals surface area contributed by atoms with E-state index in [2.05, 4.69) is 0 Å². The standard InChI is InChI=1S/C11H15NO2/c12-5-3-8-4-6-14-11-2-1-9(13)7-10(8)11/h1-2,7-8,13H,3-6,12H2. The van der Waals surface area contributed by atoms with E-state index < -0.39 is 0 Å². The van der Waals surface area contributed by atoms with Crippen LogP contribution in [0.1, 0.15) is 24.3 Å². The van der Waals surface area contributed by atoms with Gasteiger partial charge in [-0.05, 0) is 43.5 Å². The quantitative estimate of drug-likeness (QED) is 0.750. The Bertz CT molecular complexity index is 325. The number of aromatic hydroxyl groups is 1. The third-order valence-electron chi connectivity index (χ3n) is 2.67. The van der Waals surface area contributed by atoms with Crippen LogP contribution in [-0.4, -0.2) is 18.3 Å². The zero-order valence-corrected chi connectivity index (χ0v) is 8.07. The summed E-state index contributed by atoms with van der Waals surface area (Å²) in [6, 6.07) is 5.27. The van der Waals surface area contributed by atoms with E-state index in [-0.39, 0.29) is 0 Å². The Morgan fingerprint density at radius 3 is 3.14 bits per heavy atom. The van der Waals surface area contributed by atoms with Crippen molar-refractivity contribution < 1.29 is 9.84 Å². The molecule has 1 aliphatic rings. The molecule has 76 valence electrons. The first-order valence-electron chi connectivity index (χ1n) is 4.97. The van der Waals surface area contributed by atoms with Crippen LogP contribution in [-0.2, 0) is 0 Å². The van der Waals surface area contributed by atoms with Crippen molar-refractivity contribution in [1.82, 2.24) is 0 Å². The number of nitrogens with two attached hydrogens (primary N) is 1. The molecule has 1 aromatic rings. The number of hydrogen-bond acceptors (Lipinski definition) is 3. The maximum absolute atomic E-state index is 9.39. The number of benzene rings is 1. The van der Waals surface area contributed by atoms with E-state index >= 15 is 0 Å². The Morgan fingerprint density at radius 1 is 1.50 bits per heavy atom. The van der Waals surface area contributed by atoms with E-state index in [0.29, 0.717) is 18.2 Å². The van der Waals surface area contributed by atoms with Gasteiger partial charge in [-0.2, -0.15) is 0 Å². The third-order valence-corrected chi connectivity index (χ3v) is 2.67. The summed E-state index contributed by atoms with van der Waals surface area (Å²) in [6.07, 6.45) is 1.95. The highest BCUT2D eigenvalue weighted by Gasteiger charge is 2.20. The lowest BCUT2D eigenvalue weighted by Crippen LogP contribution is -2.16. The van der Waals surface area contributed by atoms with Gasteiger partial charge in [0.2, 0.25) is 0 Å². The summed E-state index contributed by atoms with van der Waals surface area (Å²) in [4.78, 5) is 0. The van der Waals surface area contributed by atoms with Crippen LogP contribution in [0.25, 0.3) is 0 Å². The molecule has 0 aromatic heterocycles. The van der Waals surface area contributed by atoms with Crippen LogP contribution >= 0.6 is 0 Å². The van der Waals surface area contributed by atoms with Crippen LogP contribution in [0.4, 0.5) is 0 Å². The van der Waals surface area contributed by atoms with Gasteiger partial charge in [-0.15, -0.1) is 0 Å². The number of phenols is 1. The van der Waals surface area contributed by atoms with Gasteiger partial charge in [-0.3, -0.25) is 0 Å². The Hall–Kier alpha value is -1.22. The van der Waals surface area contributed by atoms with Crippen molar-refractivity contribution in [2.45, 2.75) is 18.8 Å². The molecule has 14 heavy (non-hydrogen) atoms. The summed E-state index contributed by atoms with van der Waals surface area (Å²) >= 11 is 0. The summed E-state index contributed by atoms with van der Waals surface area (Å²) in [5, 5.41) is 9.39. The van der Waals surface area contributed by atoms with E-state index in [0.717, 1.165) is 30.8 Å². The van der Waals surface area contributed by atoms with Crippen molar-refractivity contribution in [3.63, 3.8) is 0 Å². The molecule has 0 radical (unpaired) electrons. The maximum Gasteiger partial charge on any atom is 0.123 e. The van der Waals surface area contributed by atoms with Gasteiger partial charge < -0.3 is 15.6 Å². The van der Waals surface area contributed by atoms with Crippen LogP contribution < -0.4 is 10.5 Å². The number of fused-ring (bicyclic) bond motifs is 1. The molecule has 3 N–H and O–H groups in total. The van der Waals surface area contributed by atoms with E-state index in [4.69, 9.17) is 10.5 Å². The number of hydrogen-bond donors (Lipinski definition) is 2. The molecule has 0 fully saturated rings. The molecule has 0 bridgehead atoms. The molecule has 0 spiro atoms. The minimum Gasteiger partial charge on any atom is -0.508 e. The Morgan fingerprint density at radius 2 is 2.36 bits per heavy atom. The fourth-order valence-electron chi connectivity index (χ4n) is 1.95. The molecular weight excluding hydrogens is 178 g/mol. The van der Waals surface area contributed by atoms with Crippen LogP contribution in [0.2, 0.25) is 0 Å². The van der Waals surface area contributed by atoms with Gasteiger partial charge in [0.05, 0.1) is 6.61 Å². The Balaban J connectivity index is 2.32. The Kier molecular flexibility index (Phi) is 2.59. The van der Waals surface area contributed by atoms with E-state index in [9.17, 15) is 5.11 Å². The molecule has 0 aliphatic carbocycles. The molecule has 3 nitrogen and oxygen atoms in total. The fourth-order valence-corrected chi connectivity index (χ4v) is 1.95. The molecular formula is C11H15NO2. The highest BCUT2D eigenvalue weighted by atomic mass is 16.5. The molecule has 0 amide bonds. The van der Waals surface area contributed by atoms with Crippen LogP contribution in [0.5, 0.6) is 11.5 Å². The average Bonchev–Trinajstić information content (AvgIpc) is 2.19. The second-order valence-corrected chi connectivity index (χ2v) is 3.63. The minimum atomic E-state index is 0.302. The van der Waals surface area contributed by atoms with Gasteiger partial charge in [-0.25, -0.2) is 0 Å². The molecule has 1 atom stereocenters. The highest BCUT2D eigenvalue weighted by molar-refractivity contribution is 5.43. The van der Waals surface area contributed by atoms with Crippen molar-refractivity contribution in [1.29, 1.82) is 0 Å². The Labute approximate surface area is 83.5 Å². The summed E-state index contributed by atoms with van der Waals surface area (Å²) in [5.74, 6) is 1.64. The molecule has 1 aliphatic heterocycles. The first kappa shape index (κ1) is 9.34. The first-order chi connectivity index (χ1) is 6.81. The van der Waals surface area contributed by atoms with Crippen molar-refractivity contribution in [2.24, 2.45) is 5.73 Å². The van der Waals surface area contributed by atoms with E-state index in [1.54, 1.807) is 12.1 Å². The number of rotatable bonds is 2. The summed E-state index contributed by atoms with van der Waals surface area (Å²) < 4.78 is 5.50. The summed E-state index contributed by atoms with van der Waals surface area (Å²) in [5.41, 5.74) is 6.65. The molecule has 1 aromatic carbocycles. The normalized spacial score (nSPS) is 19.9. The largest absolute Gasteiger partial charge is 0.508 e. The third kappa shape index (κ3) is 1.68. The van der Waals surface area contributed by atoms with Gasteiger partial charge in [0.1, 0.15) is 11.5 Å². The van der Waals surface area contributed by atoms with Crippen LogP contribution in [0.15, 0.2) is 18.2 Å². The van der Waals surface area contributed by atoms with Crippen LogP contribution in [0.3, 0.4) is 0 Å². The van der Waals surface area contributed by atoms with Gasteiger partial charge in [0.25, 0.3) is 0 Å². The van der Waals surface area contributed by atoms with Gasteiger partial charge in [0, 0.05) is 5.56 Å². The lowest BCUT2D eigenvalue weighted by molar-refractivity contribution is 0.263. The molecule has 0 saturated heterocycles. The van der Waals surface area contributed by atoms with Crippen molar-refractivity contribution >= 4 is 0 Å². The average molecular weight is 193 g/mol. The van der Waals surface area contributed by atoms with Crippen molar-refractivity contribution in [2.75, 3.05) is 13.2 Å². The number of ether oxygens (including phenoxy) is 1. The minimum absolute atomic E-state index is 0.302. The highest BCUT2D eigenvalue weighted by Crippen LogP contribution is 2.37. The van der Waals surface area contributed by atoms with E-state index in [1.165, 1.54) is 0 Å². The second-order valence-electron chi connectivity index (χ2n) is 3.63. The molecule has 2 rings (SSSR count). The van der Waals surface area contributed by atoms with Gasteiger partial charge in [0.15, 0.2) is 0 Å². The SMILES string of the molecule is NCCC1CCOc2ccc(O)cc21. The summed E-state index contributed by atoms with van der Waals surface area (Å²) in [6.45, 7) is 1.43. The zero-order chi connectivity index (χ0) is 9.97. The molecule has 1 heterocycles. The predicted molar refractivity (Wildman–Crippen MR) is 54.6 cm³/mol. The lowest BCUT2D eigenvalue weighted by atomic mass is 9.90. The molecule has 3 heteroatoms. The molecule has 1 unspecified atom stereocenters. The fraction of sp³-hybridized carbons (Fsp3) is 0.455. The van der Waals surface area contributed by atoms with Crippen molar-refractivity contribution in [3.05, 3.63) is 23.8 Å². The smallest absolute Gasteiger partial charge is 0.123 e. The summed E-state index contributed by atoms with van der Waals surface area (Å²) in [7, 11) is 0. The maximum atomic E-state index is 9.39. The second kappa shape index (κ2) is 3.88. The van der Waals surface area contributed by atoms with Gasteiger partial charge in [-0.1, -0.05) is 0 Å². The van der Waals surface area contributed by atoms with Crippen molar-refractivity contribution in [3.8, 4) is 11.5 Å². The lowest BCUT2D eigenvalue weighted by Gasteiger charge is -2.25. The predicted octanol–water partition coefficient (Wildman–Crippen LogP) is 1.61. The topological polar surface area (TPSA) is 55.5 Å². The van der Waals surface area contributed by atoms with Gasteiger partial charge >= 0.3 is 0 Å². The molecule has 0 saturated carbocycles. The van der Waals surface area contributed by atoms with Crippen LogP contribution in [0, 0.1) is 0 Å². The van der Waals surface area contributed by atoms with E-state index in [1.807, 2.05) is 6.07 Å². The number of phenolic OH excluding ortho intramolecular Hbond substituents is 1. The first-order valence-corrected chi connectivity index (χ1v) is 4.97.